The minimum Gasteiger partial charge on any atom is -0.352 e. The maximum atomic E-state index is 13.6. The number of pyridine rings is 1. The second-order valence-electron chi connectivity index (χ2n) is 8.33. The molecule has 158 valence electrons. The van der Waals surface area contributed by atoms with E-state index in [2.05, 4.69) is 10.3 Å². The summed E-state index contributed by atoms with van der Waals surface area (Å²) in [6.45, 7) is 8.09. The van der Waals surface area contributed by atoms with Crippen LogP contribution in [0.25, 0.3) is 5.65 Å². The summed E-state index contributed by atoms with van der Waals surface area (Å²) in [4.78, 5) is 60.0. The van der Waals surface area contributed by atoms with Crippen LogP contribution in [0.5, 0.6) is 0 Å². The summed E-state index contributed by atoms with van der Waals surface area (Å²) < 4.78 is 1.42. The summed E-state index contributed by atoms with van der Waals surface area (Å²) in [5, 5.41) is 2.36. The molecule has 30 heavy (non-hydrogen) atoms. The number of nitrogens with zero attached hydrogens (tertiary/aromatic N) is 4. The van der Waals surface area contributed by atoms with Gasteiger partial charge in [-0.2, -0.15) is 0 Å². The number of urea groups is 1. The largest absolute Gasteiger partial charge is 0.352 e. The van der Waals surface area contributed by atoms with Gasteiger partial charge < -0.3 is 4.90 Å². The fourth-order valence-electron chi connectivity index (χ4n) is 4.57. The van der Waals surface area contributed by atoms with Gasteiger partial charge in [0, 0.05) is 25.7 Å². The lowest BCUT2D eigenvalue weighted by Gasteiger charge is -2.49. The molecule has 2 aromatic rings. The van der Waals surface area contributed by atoms with Gasteiger partial charge in [-0.25, -0.2) is 9.78 Å². The molecule has 0 radical (unpaired) electrons. The monoisotopic (exact) mass is 411 g/mol. The zero-order chi connectivity index (χ0) is 21.8. The Bertz CT molecular complexity index is 1120. The fourth-order valence-corrected chi connectivity index (χ4v) is 4.57. The van der Waals surface area contributed by atoms with Crippen LogP contribution in [0.4, 0.5) is 10.6 Å². The normalized spacial score (nSPS) is 24.0. The van der Waals surface area contributed by atoms with Crippen LogP contribution in [-0.4, -0.2) is 51.3 Å². The van der Waals surface area contributed by atoms with Crippen molar-refractivity contribution in [2.75, 3.05) is 18.0 Å². The quantitative estimate of drug-likeness (QED) is 0.761. The van der Waals surface area contributed by atoms with Crippen molar-refractivity contribution in [2.24, 2.45) is 11.3 Å². The van der Waals surface area contributed by atoms with E-state index in [1.165, 1.54) is 4.40 Å². The molecule has 0 bridgehead atoms. The predicted octanol–water partition coefficient (Wildman–Crippen LogP) is 1.19. The number of imide groups is 2. The molecular formula is C21H25N5O4. The topological polar surface area (TPSA) is 104 Å². The number of anilines is 1. The van der Waals surface area contributed by atoms with E-state index in [0.29, 0.717) is 23.6 Å². The Balaban J connectivity index is 1.93. The van der Waals surface area contributed by atoms with Gasteiger partial charge in [0.25, 0.3) is 5.56 Å². The number of carbonyl (C=O) groups is 3. The van der Waals surface area contributed by atoms with Gasteiger partial charge in [-0.15, -0.1) is 0 Å². The zero-order valence-electron chi connectivity index (χ0n) is 17.5. The summed E-state index contributed by atoms with van der Waals surface area (Å²) in [5.74, 6) is -0.694. The number of hydrogen-bond donors (Lipinski definition) is 1. The molecule has 1 saturated heterocycles. The molecule has 2 aromatic heterocycles. The lowest BCUT2D eigenvalue weighted by molar-refractivity contribution is -0.153. The van der Waals surface area contributed by atoms with Crippen molar-refractivity contribution < 1.29 is 14.4 Å². The molecule has 4 amide bonds. The van der Waals surface area contributed by atoms with E-state index in [1.54, 1.807) is 31.3 Å². The first-order valence-corrected chi connectivity index (χ1v) is 10.2. The molecule has 9 nitrogen and oxygen atoms in total. The second kappa shape index (κ2) is 6.93. The zero-order valence-corrected chi connectivity index (χ0v) is 17.5. The Morgan fingerprint density at radius 2 is 1.97 bits per heavy atom. The maximum Gasteiger partial charge on any atom is 0.330 e. The maximum absolute atomic E-state index is 13.6. The molecule has 1 fully saturated rings. The molecule has 9 heteroatoms. The smallest absolute Gasteiger partial charge is 0.330 e. The van der Waals surface area contributed by atoms with Crippen molar-refractivity contribution in [2.45, 2.75) is 40.2 Å². The Morgan fingerprint density at radius 1 is 1.23 bits per heavy atom. The van der Waals surface area contributed by atoms with Crippen molar-refractivity contribution in [3.8, 4) is 0 Å². The highest BCUT2D eigenvalue weighted by atomic mass is 16.2. The molecule has 1 spiro atoms. The molecular weight excluding hydrogens is 386 g/mol. The third kappa shape index (κ3) is 2.64. The molecule has 0 saturated carbocycles. The van der Waals surface area contributed by atoms with E-state index in [1.807, 2.05) is 25.7 Å². The Hall–Kier alpha value is -3.23. The summed E-state index contributed by atoms with van der Waals surface area (Å²) in [7, 11) is 0. The van der Waals surface area contributed by atoms with Crippen molar-refractivity contribution in [1.29, 1.82) is 0 Å². The highest BCUT2D eigenvalue weighted by Gasteiger charge is 2.61. The van der Waals surface area contributed by atoms with Gasteiger partial charge in [0.1, 0.15) is 11.5 Å². The first-order chi connectivity index (χ1) is 14.2. The summed E-state index contributed by atoms with van der Waals surface area (Å²) in [6.07, 6.45) is 1.51. The summed E-state index contributed by atoms with van der Waals surface area (Å²) >= 11 is 0. The molecule has 2 aliphatic rings. The molecule has 0 aliphatic carbocycles. The first kappa shape index (κ1) is 20.1. The van der Waals surface area contributed by atoms with Crippen LogP contribution in [0.3, 0.4) is 0 Å². The van der Waals surface area contributed by atoms with Crippen LogP contribution in [-0.2, 0) is 16.0 Å². The van der Waals surface area contributed by atoms with Gasteiger partial charge in [-0.05, 0) is 31.9 Å². The van der Waals surface area contributed by atoms with E-state index in [9.17, 15) is 19.2 Å². The minimum atomic E-state index is -1.57. The Morgan fingerprint density at radius 3 is 2.63 bits per heavy atom. The lowest BCUT2D eigenvalue weighted by Crippen LogP contribution is -2.72. The molecule has 2 atom stereocenters. The van der Waals surface area contributed by atoms with Crippen LogP contribution in [0.15, 0.2) is 29.2 Å². The van der Waals surface area contributed by atoms with Crippen LogP contribution in [0.1, 0.15) is 33.3 Å². The van der Waals surface area contributed by atoms with Crippen molar-refractivity contribution in [3.63, 3.8) is 0 Å². The summed E-state index contributed by atoms with van der Waals surface area (Å²) in [6, 6.07) is 3.97. The van der Waals surface area contributed by atoms with Crippen molar-refractivity contribution in [1.82, 2.24) is 19.6 Å². The molecule has 0 unspecified atom stereocenters. The van der Waals surface area contributed by atoms with Crippen LogP contribution < -0.4 is 15.8 Å². The summed E-state index contributed by atoms with van der Waals surface area (Å²) in [5.41, 5.74) is -1.08. The van der Waals surface area contributed by atoms with E-state index in [0.717, 1.165) is 4.90 Å². The van der Waals surface area contributed by atoms with Crippen LogP contribution in [0, 0.1) is 11.3 Å². The van der Waals surface area contributed by atoms with E-state index < -0.39 is 29.3 Å². The third-order valence-electron chi connectivity index (χ3n) is 6.10. The highest BCUT2D eigenvalue weighted by molar-refractivity contribution is 6.20. The number of carbonyl (C=O) groups excluding carboxylic acids is 3. The van der Waals surface area contributed by atoms with Gasteiger partial charge in [0.15, 0.2) is 5.41 Å². The lowest BCUT2D eigenvalue weighted by atomic mass is 9.69. The molecule has 1 N–H and O–H groups in total. The Kier molecular flexibility index (Phi) is 4.63. The average Bonchev–Trinajstić information content (AvgIpc) is 2.70. The SMILES string of the molecule is CCN1c2nc3ccccn3c(=O)c2C[C@]2(C(=O)NC(=O)N(CC(C)C)C2=O)[C@H]1C. The molecule has 2 aliphatic heterocycles. The highest BCUT2D eigenvalue weighted by Crippen LogP contribution is 2.42. The van der Waals surface area contributed by atoms with E-state index >= 15 is 0 Å². The first-order valence-electron chi connectivity index (χ1n) is 10.2. The number of aromatic nitrogens is 2. The molecule has 0 aromatic carbocycles. The minimum absolute atomic E-state index is 0.0367. The fraction of sp³-hybridized carbons (Fsp3) is 0.476. The number of nitrogens with one attached hydrogen (secondary N) is 1. The standard InChI is InChI=1S/C21H25N5O4/c1-5-24-13(4)21(18(28)23-20(30)26(19(21)29)11-12(2)3)10-14-16(24)22-15-8-6-7-9-25(15)17(14)27/h6-9,12-13H,5,10-11H2,1-4H3,(H,23,28,30)/t13-,21-/m1/s1. The van der Waals surface area contributed by atoms with Gasteiger partial charge in [-0.1, -0.05) is 19.9 Å². The predicted molar refractivity (Wildman–Crippen MR) is 110 cm³/mol. The second-order valence-corrected chi connectivity index (χ2v) is 8.33. The number of barbiturate groups is 1. The number of amides is 4. The van der Waals surface area contributed by atoms with E-state index in [-0.39, 0.29) is 24.4 Å². The number of rotatable bonds is 3. The van der Waals surface area contributed by atoms with E-state index in [4.69, 9.17) is 0 Å². The van der Waals surface area contributed by atoms with Gasteiger partial charge >= 0.3 is 6.03 Å². The van der Waals surface area contributed by atoms with Crippen molar-refractivity contribution in [3.05, 3.63) is 40.3 Å². The van der Waals surface area contributed by atoms with Gasteiger partial charge in [0.2, 0.25) is 11.8 Å². The van der Waals surface area contributed by atoms with Crippen molar-refractivity contribution >= 4 is 29.3 Å². The third-order valence-corrected chi connectivity index (χ3v) is 6.10. The van der Waals surface area contributed by atoms with Gasteiger partial charge in [0.05, 0.1) is 11.6 Å². The number of hydrogen-bond acceptors (Lipinski definition) is 6. The van der Waals surface area contributed by atoms with Crippen LogP contribution >= 0.6 is 0 Å². The van der Waals surface area contributed by atoms with Gasteiger partial charge in [-0.3, -0.25) is 29.0 Å². The Labute approximate surface area is 173 Å². The van der Waals surface area contributed by atoms with Crippen LogP contribution in [0.2, 0.25) is 0 Å². The average molecular weight is 411 g/mol. The molecule has 4 rings (SSSR count). The molecule has 4 heterocycles. The number of fused-ring (bicyclic) bond motifs is 2.